The van der Waals surface area contributed by atoms with Crippen molar-refractivity contribution in [3.05, 3.63) is 23.3 Å². The molecule has 2 aliphatic rings. The number of carbonyl (C=O) groups excluding carboxylic acids is 1. The first kappa shape index (κ1) is 21.6. The minimum atomic E-state index is 0.0616. The summed E-state index contributed by atoms with van der Waals surface area (Å²) in [5, 5.41) is 0. The first-order valence-corrected chi connectivity index (χ1v) is 10.6. The van der Waals surface area contributed by atoms with Gasteiger partial charge in [0.25, 0.3) is 0 Å². The molecule has 0 N–H and O–H groups in total. The standard InChI is InChI=1S/C26H36O/c1-25(2,3)23-16-14-21(15-17-23)12-10-8-6-7-9-11-13-22-18-24(27)20-26(4,5)19-22/h14,18,23H,6-9,15-17,19-20H2,1-5H3. The van der Waals surface area contributed by atoms with Gasteiger partial charge < -0.3 is 0 Å². The molecule has 0 aliphatic heterocycles. The third-order valence-corrected chi connectivity index (χ3v) is 5.64. The molecular weight excluding hydrogens is 328 g/mol. The number of hydrogen-bond donors (Lipinski definition) is 0. The van der Waals surface area contributed by atoms with Gasteiger partial charge in [0, 0.05) is 24.8 Å². The van der Waals surface area contributed by atoms with Crippen molar-refractivity contribution in [3.63, 3.8) is 0 Å². The van der Waals surface area contributed by atoms with E-state index in [0.29, 0.717) is 11.8 Å². The Bertz CT molecular complexity index is 716. The molecule has 0 heterocycles. The van der Waals surface area contributed by atoms with Crippen LogP contribution in [0, 0.1) is 40.4 Å². The third-order valence-electron chi connectivity index (χ3n) is 5.64. The van der Waals surface area contributed by atoms with Gasteiger partial charge in [-0.15, -0.1) is 0 Å². The molecule has 0 fully saturated rings. The minimum absolute atomic E-state index is 0.0616. The summed E-state index contributed by atoms with van der Waals surface area (Å²) in [6.45, 7) is 11.3. The Kier molecular flexibility index (Phi) is 7.56. The lowest BCUT2D eigenvalue weighted by atomic mass is 9.73. The monoisotopic (exact) mass is 364 g/mol. The fraction of sp³-hybridized carbons (Fsp3) is 0.654. The van der Waals surface area contributed by atoms with E-state index in [2.05, 4.69) is 64.4 Å². The quantitative estimate of drug-likeness (QED) is 0.405. The zero-order valence-electron chi connectivity index (χ0n) is 18.0. The molecular formula is C26H36O. The molecule has 0 aromatic carbocycles. The van der Waals surface area contributed by atoms with Crippen LogP contribution in [-0.2, 0) is 4.79 Å². The highest BCUT2D eigenvalue weighted by atomic mass is 16.1. The van der Waals surface area contributed by atoms with Gasteiger partial charge in [0.05, 0.1) is 0 Å². The van der Waals surface area contributed by atoms with Gasteiger partial charge in [-0.25, -0.2) is 0 Å². The fourth-order valence-corrected chi connectivity index (χ4v) is 3.94. The molecule has 0 spiro atoms. The molecule has 0 aromatic heterocycles. The van der Waals surface area contributed by atoms with Gasteiger partial charge in [-0.05, 0) is 66.9 Å². The fourth-order valence-electron chi connectivity index (χ4n) is 3.94. The summed E-state index contributed by atoms with van der Waals surface area (Å²) in [6.07, 6.45) is 13.3. The van der Waals surface area contributed by atoms with Crippen LogP contribution in [-0.4, -0.2) is 5.78 Å². The summed E-state index contributed by atoms with van der Waals surface area (Å²) in [5.74, 6) is 14.2. The molecule has 0 bridgehead atoms. The molecule has 146 valence electrons. The molecule has 27 heavy (non-hydrogen) atoms. The van der Waals surface area contributed by atoms with Crippen LogP contribution in [0.25, 0.3) is 0 Å². The number of allylic oxidation sites excluding steroid dienone is 4. The maximum absolute atomic E-state index is 11.7. The van der Waals surface area contributed by atoms with Gasteiger partial charge in [-0.2, -0.15) is 0 Å². The molecule has 1 unspecified atom stereocenters. The largest absolute Gasteiger partial charge is 0.295 e. The highest BCUT2D eigenvalue weighted by molar-refractivity contribution is 5.92. The van der Waals surface area contributed by atoms with Crippen LogP contribution in [0.15, 0.2) is 23.3 Å². The van der Waals surface area contributed by atoms with E-state index < -0.39 is 0 Å². The molecule has 0 aromatic rings. The van der Waals surface area contributed by atoms with Crippen molar-refractivity contribution in [1.29, 1.82) is 0 Å². The SMILES string of the molecule is CC1(C)CC(=O)C=C(C#CCCCCC#CC2=CCC(C(C)(C)C)CC2)C1. The van der Waals surface area contributed by atoms with Crippen LogP contribution in [0.2, 0.25) is 0 Å². The summed E-state index contributed by atoms with van der Waals surface area (Å²) in [4.78, 5) is 11.7. The number of ketones is 1. The first-order valence-electron chi connectivity index (χ1n) is 10.6. The highest BCUT2D eigenvalue weighted by Gasteiger charge is 2.27. The molecule has 2 aliphatic carbocycles. The van der Waals surface area contributed by atoms with Crippen molar-refractivity contribution in [3.8, 4) is 23.7 Å². The van der Waals surface area contributed by atoms with E-state index >= 15 is 0 Å². The predicted octanol–water partition coefficient (Wildman–Crippen LogP) is 6.64. The summed E-state index contributed by atoms with van der Waals surface area (Å²) in [6, 6.07) is 0. The first-order chi connectivity index (χ1) is 12.7. The van der Waals surface area contributed by atoms with Crippen LogP contribution in [0.3, 0.4) is 0 Å². The van der Waals surface area contributed by atoms with Crippen molar-refractivity contribution in [2.75, 3.05) is 0 Å². The van der Waals surface area contributed by atoms with Crippen molar-refractivity contribution >= 4 is 5.78 Å². The second-order valence-electron chi connectivity index (χ2n) is 10.0. The molecule has 0 amide bonds. The smallest absolute Gasteiger partial charge is 0.157 e. The Morgan fingerprint density at radius 2 is 1.67 bits per heavy atom. The lowest BCUT2D eigenvalue weighted by Crippen LogP contribution is -2.21. The molecule has 2 rings (SSSR count). The van der Waals surface area contributed by atoms with Crippen molar-refractivity contribution in [2.45, 2.75) is 92.4 Å². The van der Waals surface area contributed by atoms with E-state index in [9.17, 15) is 4.79 Å². The van der Waals surface area contributed by atoms with Gasteiger partial charge >= 0.3 is 0 Å². The van der Waals surface area contributed by atoms with E-state index in [0.717, 1.165) is 50.0 Å². The Morgan fingerprint density at radius 3 is 2.19 bits per heavy atom. The number of carbonyl (C=O) groups is 1. The van der Waals surface area contributed by atoms with Crippen molar-refractivity contribution < 1.29 is 4.79 Å². The van der Waals surface area contributed by atoms with Crippen LogP contribution in [0.4, 0.5) is 0 Å². The normalized spacial score (nSPS) is 22.0. The molecule has 1 nitrogen and oxygen atoms in total. The maximum Gasteiger partial charge on any atom is 0.157 e. The Morgan fingerprint density at radius 1 is 1.04 bits per heavy atom. The summed E-state index contributed by atoms with van der Waals surface area (Å²) < 4.78 is 0. The molecule has 1 atom stereocenters. The lowest BCUT2D eigenvalue weighted by Gasteiger charge is -2.32. The Hall–Kier alpha value is -1.73. The van der Waals surface area contributed by atoms with Gasteiger partial charge in [0.1, 0.15) is 0 Å². The van der Waals surface area contributed by atoms with Crippen LogP contribution in [0.5, 0.6) is 0 Å². The topological polar surface area (TPSA) is 17.1 Å². The minimum Gasteiger partial charge on any atom is -0.295 e. The van der Waals surface area contributed by atoms with Gasteiger partial charge in [-0.1, -0.05) is 64.4 Å². The average molecular weight is 365 g/mol. The van der Waals surface area contributed by atoms with E-state index in [-0.39, 0.29) is 11.2 Å². The van der Waals surface area contributed by atoms with E-state index in [1.54, 1.807) is 6.08 Å². The number of unbranched alkanes of at least 4 members (excludes halogenated alkanes) is 3. The molecule has 0 saturated carbocycles. The summed E-state index contributed by atoms with van der Waals surface area (Å²) in [5.41, 5.74) is 2.82. The molecule has 0 saturated heterocycles. The zero-order chi connectivity index (χ0) is 19.9. The van der Waals surface area contributed by atoms with E-state index in [4.69, 9.17) is 0 Å². The summed E-state index contributed by atoms with van der Waals surface area (Å²) in [7, 11) is 0. The molecule has 1 heteroatoms. The Balaban J connectivity index is 1.66. The van der Waals surface area contributed by atoms with Crippen LogP contribution < -0.4 is 0 Å². The predicted molar refractivity (Wildman–Crippen MR) is 115 cm³/mol. The van der Waals surface area contributed by atoms with Crippen LogP contribution >= 0.6 is 0 Å². The Labute approximate surface area is 167 Å². The van der Waals surface area contributed by atoms with E-state index in [1.807, 2.05) is 0 Å². The lowest BCUT2D eigenvalue weighted by molar-refractivity contribution is -0.116. The zero-order valence-corrected chi connectivity index (χ0v) is 18.0. The van der Waals surface area contributed by atoms with Gasteiger partial charge in [0.15, 0.2) is 5.78 Å². The van der Waals surface area contributed by atoms with Crippen LogP contribution in [0.1, 0.15) is 92.4 Å². The van der Waals surface area contributed by atoms with E-state index in [1.165, 1.54) is 18.4 Å². The molecule has 0 radical (unpaired) electrons. The summed E-state index contributed by atoms with van der Waals surface area (Å²) >= 11 is 0. The number of hydrogen-bond acceptors (Lipinski definition) is 1. The number of rotatable bonds is 3. The van der Waals surface area contributed by atoms with Crippen molar-refractivity contribution in [2.24, 2.45) is 16.7 Å². The van der Waals surface area contributed by atoms with Gasteiger partial charge in [0.2, 0.25) is 0 Å². The van der Waals surface area contributed by atoms with Crippen molar-refractivity contribution in [1.82, 2.24) is 0 Å². The third kappa shape index (κ3) is 7.81. The second kappa shape index (κ2) is 9.46. The second-order valence-corrected chi connectivity index (χ2v) is 10.0. The highest BCUT2D eigenvalue weighted by Crippen LogP contribution is 2.37. The average Bonchev–Trinajstić information content (AvgIpc) is 2.55. The van der Waals surface area contributed by atoms with Gasteiger partial charge in [-0.3, -0.25) is 4.79 Å². The maximum atomic E-state index is 11.7.